The molecular formula is C9H14N4O2. The molecule has 1 fully saturated rings. The number of anilines is 2. The molecule has 0 radical (unpaired) electrons. The molecule has 0 spiro atoms. The lowest BCUT2D eigenvalue weighted by molar-refractivity contribution is 0.198. The van der Waals surface area contributed by atoms with Crippen molar-refractivity contribution < 1.29 is 9.84 Å². The van der Waals surface area contributed by atoms with Gasteiger partial charge in [0.1, 0.15) is 6.33 Å². The first-order chi connectivity index (χ1) is 7.22. The smallest absolute Gasteiger partial charge is 0.204 e. The van der Waals surface area contributed by atoms with E-state index in [9.17, 15) is 5.11 Å². The molecule has 0 aromatic carbocycles. The molecule has 0 saturated carbocycles. The zero-order valence-corrected chi connectivity index (χ0v) is 8.55. The van der Waals surface area contributed by atoms with Gasteiger partial charge in [-0.1, -0.05) is 0 Å². The van der Waals surface area contributed by atoms with Gasteiger partial charge in [0.2, 0.25) is 5.75 Å². The van der Waals surface area contributed by atoms with Crippen LogP contribution in [0.3, 0.4) is 0 Å². The molecule has 1 unspecified atom stereocenters. The highest BCUT2D eigenvalue weighted by molar-refractivity contribution is 5.63. The van der Waals surface area contributed by atoms with E-state index in [-0.39, 0.29) is 6.10 Å². The number of nitrogen functional groups attached to an aromatic ring is 1. The molecule has 1 atom stereocenters. The molecule has 6 nitrogen and oxygen atoms in total. The average molecular weight is 210 g/mol. The van der Waals surface area contributed by atoms with Crippen LogP contribution in [0.15, 0.2) is 6.33 Å². The second-order valence-corrected chi connectivity index (χ2v) is 3.50. The Bertz CT molecular complexity index is 358. The van der Waals surface area contributed by atoms with Crippen LogP contribution in [-0.2, 0) is 0 Å². The van der Waals surface area contributed by atoms with Crippen molar-refractivity contribution in [2.75, 3.05) is 30.8 Å². The fraction of sp³-hybridized carbons (Fsp3) is 0.556. The van der Waals surface area contributed by atoms with Crippen LogP contribution >= 0.6 is 0 Å². The van der Waals surface area contributed by atoms with E-state index < -0.39 is 0 Å². The Morgan fingerprint density at radius 1 is 1.60 bits per heavy atom. The number of aliphatic hydroxyl groups excluding tert-OH is 1. The molecule has 0 amide bonds. The van der Waals surface area contributed by atoms with Gasteiger partial charge in [0.25, 0.3) is 0 Å². The highest BCUT2D eigenvalue weighted by atomic mass is 16.5. The average Bonchev–Trinajstić information content (AvgIpc) is 2.64. The fourth-order valence-corrected chi connectivity index (χ4v) is 1.73. The molecule has 2 heterocycles. The topological polar surface area (TPSA) is 84.5 Å². The number of methoxy groups -OCH3 is 1. The predicted octanol–water partition coefficient (Wildman–Crippen LogP) is -0.362. The zero-order chi connectivity index (χ0) is 10.8. The van der Waals surface area contributed by atoms with Crippen molar-refractivity contribution in [2.24, 2.45) is 0 Å². The van der Waals surface area contributed by atoms with E-state index in [4.69, 9.17) is 10.5 Å². The van der Waals surface area contributed by atoms with Gasteiger partial charge in [-0.25, -0.2) is 9.97 Å². The molecule has 1 aliphatic rings. The van der Waals surface area contributed by atoms with E-state index in [0.29, 0.717) is 23.9 Å². The minimum atomic E-state index is -0.300. The van der Waals surface area contributed by atoms with Crippen LogP contribution in [-0.4, -0.2) is 41.4 Å². The van der Waals surface area contributed by atoms with Crippen molar-refractivity contribution in [3.05, 3.63) is 6.33 Å². The molecule has 3 N–H and O–H groups in total. The summed E-state index contributed by atoms with van der Waals surface area (Å²) in [6.07, 6.45) is 1.84. The third-order valence-corrected chi connectivity index (χ3v) is 2.48. The molecule has 0 bridgehead atoms. The van der Waals surface area contributed by atoms with E-state index >= 15 is 0 Å². The first-order valence-corrected chi connectivity index (χ1v) is 4.80. The van der Waals surface area contributed by atoms with Gasteiger partial charge in [0.15, 0.2) is 11.6 Å². The Balaban J connectivity index is 2.31. The molecule has 1 aromatic heterocycles. The standard InChI is InChI=1S/C9H14N4O2/c1-15-7-8(10)11-5-12-9(7)13-3-2-6(14)4-13/h5-6,14H,2-4H2,1H3,(H2,10,11,12). The van der Waals surface area contributed by atoms with Crippen molar-refractivity contribution in [3.8, 4) is 5.75 Å². The number of aromatic nitrogens is 2. The minimum Gasteiger partial charge on any atom is -0.490 e. The summed E-state index contributed by atoms with van der Waals surface area (Å²) in [7, 11) is 1.53. The second-order valence-electron chi connectivity index (χ2n) is 3.50. The van der Waals surface area contributed by atoms with Crippen LogP contribution in [0.1, 0.15) is 6.42 Å². The Morgan fingerprint density at radius 3 is 3.00 bits per heavy atom. The highest BCUT2D eigenvalue weighted by Crippen LogP contribution is 2.31. The van der Waals surface area contributed by atoms with Crippen molar-refractivity contribution in [1.29, 1.82) is 0 Å². The summed E-state index contributed by atoms with van der Waals surface area (Å²) in [5.41, 5.74) is 5.67. The first-order valence-electron chi connectivity index (χ1n) is 4.80. The lowest BCUT2D eigenvalue weighted by Gasteiger charge is -2.19. The second kappa shape index (κ2) is 3.90. The summed E-state index contributed by atoms with van der Waals surface area (Å²) in [5.74, 6) is 1.46. The van der Waals surface area contributed by atoms with Gasteiger partial charge in [-0.3, -0.25) is 0 Å². The monoisotopic (exact) mass is 210 g/mol. The van der Waals surface area contributed by atoms with Gasteiger partial charge in [0.05, 0.1) is 13.2 Å². The third kappa shape index (κ3) is 1.80. The fourth-order valence-electron chi connectivity index (χ4n) is 1.73. The summed E-state index contributed by atoms with van der Waals surface area (Å²) >= 11 is 0. The van der Waals surface area contributed by atoms with Gasteiger partial charge in [-0.05, 0) is 6.42 Å². The van der Waals surface area contributed by atoms with E-state index in [1.807, 2.05) is 4.90 Å². The molecular weight excluding hydrogens is 196 g/mol. The maximum absolute atomic E-state index is 9.44. The molecule has 1 aromatic rings. The number of nitrogens with two attached hydrogens (primary N) is 1. The lowest BCUT2D eigenvalue weighted by atomic mass is 10.3. The molecule has 1 aliphatic heterocycles. The van der Waals surface area contributed by atoms with E-state index in [2.05, 4.69) is 9.97 Å². The number of hydrogen-bond acceptors (Lipinski definition) is 6. The van der Waals surface area contributed by atoms with Crippen LogP contribution in [0.2, 0.25) is 0 Å². The molecule has 6 heteroatoms. The maximum atomic E-state index is 9.44. The van der Waals surface area contributed by atoms with Crippen molar-refractivity contribution in [2.45, 2.75) is 12.5 Å². The van der Waals surface area contributed by atoms with Crippen LogP contribution < -0.4 is 15.4 Å². The summed E-state index contributed by atoms with van der Waals surface area (Å²) in [4.78, 5) is 9.93. The Morgan fingerprint density at radius 2 is 2.40 bits per heavy atom. The molecule has 0 aliphatic carbocycles. The van der Waals surface area contributed by atoms with Gasteiger partial charge >= 0.3 is 0 Å². The van der Waals surface area contributed by atoms with Crippen molar-refractivity contribution in [1.82, 2.24) is 9.97 Å². The van der Waals surface area contributed by atoms with E-state index in [0.717, 1.165) is 13.0 Å². The summed E-state index contributed by atoms with van der Waals surface area (Å²) in [6.45, 7) is 1.32. The number of nitrogens with zero attached hydrogens (tertiary/aromatic N) is 3. The lowest BCUT2D eigenvalue weighted by Crippen LogP contribution is -2.23. The van der Waals surface area contributed by atoms with Crippen LogP contribution in [0.4, 0.5) is 11.6 Å². The Kier molecular flexibility index (Phi) is 2.59. The Hall–Kier alpha value is -1.56. The number of aliphatic hydroxyl groups is 1. The summed E-state index contributed by atoms with van der Waals surface area (Å²) < 4.78 is 5.15. The van der Waals surface area contributed by atoms with Gasteiger partial charge in [-0.15, -0.1) is 0 Å². The van der Waals surface area contributed by atoms with E-state index in [1.54, 1.807) is 0 Å². The van der Waals surface area contributed by atoms with Gasteiger partial charge in [0, 0.05) is 13.1 Å². The molecule has 2 rings (SSSR count). The summed E-state index contributed by atoms with van der Waals surface area (Å²) in [6, 6.07) is 0. The number of ether oxygens (including phenoxy) is 1. The molecule has 1 saturated heterocycles. The normalized spacial score (nSPS) is 20.7. The zero-order valence-electron chi connectivity index (χ0n) is 8.55. The largest absolute Gasteiger partial charge is 0.490 e. The Labute approximate surface area is 87.7 Å². The quantitative estimate of drug-likeness (QED) is 0.693. The number of rotatable bonds is 2. The van der Waals surface area contributed by atoms with Gasteiger partial charge in [-0.2, -0.15) is 0 Å². The number of hydrogen-bond donors (Lipinski definition) is 2. The SMILES string of the molecule is COc1c(N)ncnc1N1CCC(O)C1. The minimum absolute atomic E-state index is 0.300. The highest BCUT2D eigenvalue weighted by Gasteiger charge is 2.25. The van der Waals surface area contributed by atoms with Crippen LogP contribution in [0.5, 0.6) is 5.75 Å². The van der Waals surface area contributed by atoms with E-state index in [1.165, 1.54) is 13.4 Å². The predicted molar refractivity (Wildman–Crippen MR) is 55.8 cm³/mol. The molecule has 82 valence electrons. The summed E-state index contributed by atoms with van der Waals surface area (Å²) in [5, 5.41) is 9.44. The van der Waals surface area contributed by atoms with Crippen molar-refractivity contribution in [3.63, 3.8) is 0 Å². The molecule has 15 heavy (non-hydrogen) atoms. The number of β-amino-alcohol motifs (C(OH)–C–C–N with tert-alkyl or cyclic N) is 1. The van der Waals surface area contributed by atoms with Gasteiger partial charge < -0.3 is 20.5 Å². The maximum Gasteiger partial charge on any atom is 0.204 e. The van der Waals surface area contributed by atoms with Crippen LogP contribution in [0.25, 0.3) is 0 Å². The third-order valence-electron chi connectivity index (χ3n) is 2.48. The van der Waals surface area contributed by atoms with Crippen molar-refractivity contribution >= 4 is 11.6 Å². The van der Waals surface area contributed by atoms with Crippen LogP contribution in [0, 0.1) is 0 Å². The first kappa shape index (κ1) is 9.97.